The molecule has 2 N–H and O–H groups in total. The summed E-state index contributed by atoms with van der Waals surface area (Å²) in [6.45, 7) is 3.60. The zero-order valence-electron chi connectivity index (χ0n) is 8.83. The van der Waals surface area contributed by atoms with Crippen LogP contribution < -0.4 is 15.2 Å². The molecule has 0 heterocycles. The molecule has 0 saturated heterocycles. The number of halogens is 1. The molecule has 0 aliphatic heterocycles. The van der Waals surface area contributed by atoms with Crippen molar-refractivity contribution in [1.82, 2.24) is 0 Å². The third-order valence-corrected chi connectivity index (χ3v) is 1.95. The van der Waals surface area contributed by atoms with Crippen molar-refractivity contribution >= 4 is 17.5 Å². The zero-order valence-corrected chi connectivity index (χ0v) is 9.58. The molecule has 1 rings (SSSR count). The Morgan fingerprint density at radius 1 is 1.56 bits per heavy atom. The molecule has 5 heteroatoms. The normalized spacial score (nSPS) is 9.62. The lowest BCUT2D eigenvalue weighted by molar-refractivity contribution is 0.0996. The first kappa shape index (κ1) is 12.4. The quantitative estimate of drug-likeness (QED) is 0.857. The van der Waals surface area contributed by atoms with Crippen molar-refractivity contribution in [2.24, 2.45) is 5.73 Å². The minimum Gasteiger partial charge on any atom is -0.497 e. The molecule has 86 valence electrons. The van der Waals surface area contributed by atoms with E-state index in [0.717, 1.165) is 0 Å². The number of hydrogen-bond acceptors (Lipinski definition) is 3. The molecular weight excluding hydrogens is 230 g/mol. The third-order valence-electron chi connectivity index (χ3n) is 1.84. The van der Waals surface area contributed by atoms with E-state index in [1.54, 1.807) is 12.1 Å². The number of ether oxygens (including phenoxy) is 2. The summed E-state index contributed by atoms with van der Waals surface area (Å²) in [6, 6.07) is 4.77. The van der Waals surface area contributed by atoms with Crippen LogP contribution in [0.1, 0.15) is 10.4 Å². The molecule has 4 nitrogen and oxygen atoms in total. The van der Waals surface area contributed by atoms with Gasteiger partial charge in [0.1, 0.15) is 18.1 Å². The highest BCUT2D eigenvalue weighted by molar-refractivity contribution is 6.29. The summed E-state index contributed by atoms with van der Waals surface area (Å²) < 4.78 is 10.3. The van der Waals surface area contributed by atoms with Gasteiger partial charge in [0.2, 0.25) is 0 Å². The lowest BCUT2D eigenvalue weighted by atomic mass is 10.2. The molecule has 0 fully saturated rings. The summed E-state index contributed by atoms with van der Waals surface area (Å²) in [6.07, 6.45) is 0. The van der Waals surface area contributed by atoms with Gasteiger partial charge in [0.05, 0.1) is 12.7 Å². The molecule has 0 saturated carbocycles. The van der Waals surface area contributed by atoms with Gasteiger partial charge in [0.15, 0.2) is 0 Å². The van der Waals surface area contributed by atoms with Gasteiger partial charge in [-0.3, -0.25) is 4.79 Å². The minimum absolute atomic E-state index is 0.119. The summed E-state index contributed by atoms with van der Waals surface area (Å²) in [5, 5.41) is 0.339. The monoisotopic (exact) mass is 241 g/mol. The highest BCUT2D eigenvalue weighted by Crippen LogP contribution is 2.24. The first-order chi connectivity index (χ1) is 7.54. The molecule has 0 aliphatic rings. The Morgan fingerprint density at radius 3 is 2.75 bits per heavy atom. The van der Waals surface area contributed by atoms with Crippen LogP contribution in [0.25, 0.3) is 0 Å². The molecule has 1 aromatic rings. The molecule has 0 bridgehead atoms. The van der Waals surface area contributed by atoms with E-state index >= 15 is 0 Å². The molecule has 0 aliphatic carbocycles. The van der Waals surface area contributed by atoms with E-state index in [1.807, 2.05) is 0 Å². The van der Waals surface area contributed by atoms with Gasteiger partial charge in [-0.15, -0.1) is 0 Å². The lowest BCUT2D eigenvalue weighted by Crippen LogP contribution is -2.13. The number of rotatable bonds is 5. The topological polar surface area (TPSA) is 61.6 Å². The number of amides is 1. The van der Waals surface area contributed by atoms with E-state index in [0.29, 0.717) is 16.5 Å². The average Bonchev–Trinajstić information content (AvgIpc) is 2.25. The van der Waals surface area contributed by atoms with E-state index in [2.05, 4.69) is 6.58 Å². The summed E-state index contributed by atoms with van der Waals surface area (Å²) in [5.41, 5.74) is 5.46. The second-order valence-electron chi connectivity index (χ2n) is 3.03. The van der Waals surface area contributed by atoms with Gasteiger partial charge in [0, 0.05) is 5.03 Å². The molecule has 0 atom stereocenters. The maximum Gasteiger partial charge on any atom is 0.252 e. The van der Waals surface area contributed by atoms with Crippen LogP contribution in [0.2, 0.25) is 0 Å². The Kier molecular flexibility index (Phi) is 4.19. The predicted molar refractivity (Wildman–Crippen MR) is 62.0 cm³/mol. The number of methoxy groups -OCH3 is 1. The van der Waals surface area contributed by atoms with E-state index in [1.165, 1.54) is 13.2 Å². The summed E-state index contributed by atoms with van der Waals surface area (Å²) >= 11 is 5.56. The Hall–Kier alpha value is -1.68. The fourth-order valence-electron chi connectivity index (χ4n) is 1.11. The second-order valence-corrected chi connectivity index (χ2v) is 3.57. The first-order valence-corrected chi connectivity index (χ1v) is 4.86. The summed E-state index contributed by atoms with van der Waals surface area (Å²) in [4.78, 5) is 11.2. The van der Waals surface area contributed by atoms with Gasteiger partial charge in [-0.25, -0.2) is 0 Å². The molecule has 0 unspecified atom stereocenters. The minimum atomic E-state index is -0.589. The molecule has 0 radical (unpaired) electrons. The average molecular weight is 242 g/mol. The highest BCUT2D eigenvalue weighted by atomic mass is 35.5. The van der Waals surface area contributed by atoms with Crippen LogP contribution in [0.5, 0.6) is 11.5 Å². The maximum atomic E-state index is 11.2. The fourth-order valence-corrected chi connectivity index (χ4v) is 1.17. The van der Waals surface area contributed by atoms with Crippen LogP contribution >= 0.6 is 11.6 Å². The van der Waals surface area contributed by atoms with E-state index in [4.69, 9.17) is 26.8 Å². The predicted octanol–water partition coefficient (Wildman–Crippen LogP) is 1.93. The molecule has 1 amide bonds. The highest BCUT2D eigenvalue weighted by Gasteiger charge is 2.11. The van der Waals surface area contributed by atoms with Gasteiger partial charge in [-0.05, 0) is 18.2 Å². The van der Waals surface area contributed by atoms with Crippen molar-refractivity contribution in [2.75, 3.05) is 13.7 Å². The molecular formula is C11H12ClNO3. The Balaban J connectivity index is 2.98. The Morgan fingerprint density at radius 2 is 2.25 bits per heavy atom. The number of primary amides is 1. The smallest absolute Gasteiger partial charge is 0.252 e. The molecule has 1 aromatic carbocycles. The molecule has 0 aromatic heterocycles. The number of nitrogens with two attached hydrogens (primary N) is 1. The van der Waals surface area contributed by atoms with Crippen molar-refractivity contribution in [3.63, 3.8) is 0 Å². The van der Waals surface area contributed by atoms with Crippen molar-refractivity contribution in [3.05, 3.63) is 35.4 Å². The van der Waals surface area contributed by atoms with Gasteiger partial charge in [-0.2, -0.15) is 0 Å². The van der Waals surface area contributed by atoms with Crippen molar-refractivity contribution in [3.8, 4) is 11.5 Å². The number of benzene rings is 1. The Labute approximate surface area is 98.6 Å². The SMILES string of the molecule is C=C(Cl)COc1ccc(OC)cc1C(N)=O. The van der Waals surface area contributed by atoms with Crippen LogP contribution in [0.3, 0.4) is 0 Å². The Bertz CT molecular complexity index is 418. The summed E-state index contributed by atoms with van der Waals surface area (Å²) in [7, 11) is 1.50. The number of carbonyl (C=O) groups excluding carboxylic acids is 1. The fraction of sp³-hybridized carbons (Fsp3) is 0.182. The van der Waals surface area contributed by atoms with Gasteiger partial charge < -0.3 is 15.2 Å². The van der Waals surface area contributed by atoms with Gasteiger partial charge in [-0.1, -0.05) is 18.2 Å². The van der Waals surface area contributed by atoms with Crippen LogP contribution in [0.4, 0.5) is 0 Å². The number of carbonyl (C=O) groups is 1. The van der Waals surface area contributed by atoms with E-state index in [9.17, 15) is 4.79 Å². The van der Waals surface area contributed by atoms with E-state index in [-0.39, 0.29) is 12.2 Å². The molecule has 16 heavy (non-hydrogen) atoms. The van der Waals surface area contributed by atoms with Crippen LogP contribution in [-0.2, 0) is 0 Å². The molecule has 0 spiro atoms. The third kappa shape index (κ3) is 3.17. The van der Waals surface area contributed by atoms with Gasteiger partial charge >= 0.3 is 0 Å². The summed E-state index contributed by atoms with van der Waals surface area (Å²) in [5.74, 6) is 0.301. The van der Waals surface area contributed by atoms with Crippen molar-refractivity contribution in [1.29, 1.82) is 0 Å². The van der Waals surface area contributed by atoms with Gasteiger partial charge in [0.25, 0.3) is 5.91 Å². The zero-order chi connectivity index (χ0) is 12.1. The maximum absolute atomic E-state index is 11.2. The van der Waals surface area contributed by atoms with E-state index < -0.39 is 5.91 Å². The van der Waals surface area contributed by atoms with Crippen LogP contribution in [0.15, 0.2) is 29.8 Å². The van der Waals surface area contributed by atoms with Crippen LogP contribution in [-0.4, -0.2) is 19.6 Å². The largest absolute Gasteiger partial charge is 0.497 e. The van der Waals surface area contributed by atoms with Crippen molar-refractivity contribution < 1.29 is 14.3 Å². The van der Waals surface area contributed by atoms with Crippen molar-refractivity contribution in [2.45, 2.75) is 0 Å². The standard InChI is InChI=1S/C11H12ClNO3/c1-7(12)6-16-10-4-3-8(15-2)5-9(10)11(13)14/h3-5H,1,6H2,2H3,(H2,13,14). The first-order valence-electron chi connectivity index (χ1n) is 4.48. The number of hydrogen-bond donors (Lipinski definition) is 1. The lowest BCUT2D eigenvalue weighted by Gasteiger charge is -2.10. The second kappa shape index (κ2) is 5.42. The van der Waals surface area contributed by atoms with Crippen LogP contribution in [0, 0.1) is 0 Å².